The van der Waals surface area contributed by atoms with Crippen LogP contribution in [0.15, 0.2) is 28.7 Å². The van der Waals surface area contributed by atoms with E-state index in [1.54, 1.807) is 4.90 Å². The van der Waals surface area contributed by atoms with Crippen molar-refractivity contribution in [3.63, 3.8) is 0 Å². The van der Waals surface area contributed by atoms with Crippen molar-refractivity contribution < 1.29 is 9.21 Å². The third-order valence-electron chi connectivity index (χ3n) is 4.86. The number of fused-ring (bicyclic) bond motifs is 1. The highest BCUT2D eigenvalue weighted by Crippen LogP contribution is 2.31. The molecule has 1 saturated heterocycles. The number of nitriles is 1. The molecule has 1 amide bonds. The Morgan fingerprint density at radius 3 is 2.83 bits per heavy atom. The van der Waals surface area contributed by atoms with E-state index in [1.807, 2.05) is 31.2 Å². The Kier molecular flexibility index (Phi) is 3.35. The highest BCUT2D eigenvalue weighted by molar-refractivity contribution is 6.07. The average Bonchev–Trinajstić information content (AvgIpc) is 3.35. The van der Waals surface area contributed by atoms with Gasteiger partial charge in [-0.2, -0.15) is 5.26 Å². The third-order valence-corrected chi connectivity index (χ3v) is 4.86. The average molecular weight is 309 g/mol. The van der Waals surface area contributed by atoms with Crippen LogP contribution in [0.1, 0.15) is 29.0 Å². The molecule has 0 spiro atoms. The maximum atomic E-state index is 13.0. The van der Waals surface area contributed by atoms with Crippen molar-refractivity contribution in [1.29, 1.82) is 5.26 Å². The predicted octanol–water partition coefficient (Wildman–Crippen LogP) is 2.55. The summed E-state index contributed by atoms with van der Waals surface area (Å²) in [4.78, 5) is 17.0. The van der Waals surface area contributed by atoms with E-state index in [4.69, 9.17) is 4.42 Å². The lowest BCUT2D eigenvalue weighted by molar-refractivity contribution is 0.0550. The van der Waals surface area contributed by atoms with Gasteiger partial charge in [0.1, 0.15) is 17.4 Å². The molecule has 1 atom stereocenters. The minimum absolute atomic E-state index is 0.0249. The van der Waals surface area contributed by atoms with E-state index in [0.717, 1.165) is 17.5 Å². The van der Waals surface area contributed by atoms with Gasteiger partial charge in [-0.3, -0.25) is 9.69 Å². The Bertz CT molecular complexity index is 800. The minimum Gasteiger partial charge on any atom is -0.461 e. The SMILES string of the molecule is Cc1oc2ccccc2c1C(=O)N1CCN(C2CC2)C(C#N)C1. The second-order valence-corrected chi connectivity index (χ2v) is 6.39. The van der Waals surface area contributed by atoms with Gasteiger partial charge in [-0.05, 0) is 25.8 Å². The normalized spacial score (nSPS) is 22.3. The molecule has 5 nitrogen and oxygen atoms in total. The molecule has 2 fully saturated rings. The van der Waals surface area contributed by atoms with Crippen LogP contribution in [0.2, 0.25) is 0 Å². The van der Waals surface area contributed by atoms with Crippen molar-refractivity contribution >= 4 is 16.9 Å². The van der Waals surface area contributed by atoms with Crippen molar-refractivity contribution in [3.8, 4) is 6.07 Å². The number of amides is 1. The number of nitrogens with zero attached hydrogens (tertiary/aromatic N) is 3. The minimum atomic E-state index is -0.196. The molecule has 1 aromatic carbocycles. The number of hydrogen-bond donors (Lipinski definition) is 0. The van der Waals surface area contributed by atoms with Crippen molar-refractivity contribution in [2.45, 2.75) is 31.8 Å². The molecule has 118 valence electrons. The van der Waals surface area contributed by atoms with Crippen LogP contribution >= 0.6 is 0 Å². The van der Waals surface area contributed by atoms with E-state index in [2.05, 4.69) is 11.0 Å². The molecule has 0 radical (unpaired) electrons. The Hall–Kier alpha value is -2.32. The molecule has 1 aromatic heterocycles. The standard InChI is InChI=1S/C18H19N3O2/c1-12-17(15-4-2-3-5-16(15)23-12)18(22)20-8-9-21(13-6-7-13)14(10-19)11-20/h2-5,13-14H,6-9,11H2,1H3. The molecular weight excluding hydrogens is 290 g/mol. The van der Waals surface area contributed by atoms with E-state index in [9.17, 15) is 10.1 Å². The van der Waals surface area contributed by atoms with Gasteiger partial charge in [0.25, 0.3) is 5.91 Å². The fraction of sp³-hybridized carbons (Fsp3) is 0.444. The van der Waals surface area contributed by atoms with Gasteiger partial charge in [0, 0.05) is 31.1 Å². The monoisotopic (exact) mass is 309 g/mol. The Labute approximate surface area is 135 Å². The maximum Gasteiger partial charge on any atom is 0.258 e. The fourth-order valence-electron chi connectivity index (χ4n) is 3.53. The summed E-state index contributed by atoms with van der Waals surface area (Å²) < 4.78 is 5.71. The van der Waals surface area contributed by atoms with Crippen LogP contribution in [0.25, 0.3) is 11.0 Å². The van der Waals surface area contributed by atoms with E-state index in [1.165, 1.54) is 12.8 Å². The summed E-state index contributed by atoms with van der Waals surface area (Å²) in [5, 5.41) is 10.3. The second-order valence-electron chi connectivity index (χ2n) is 6.39. The summed E-state index contributed by atoms with van der Waals surface area (Å²) in [7, 11) is 0. The van der Waals surface area contributed by atoms with Gasteiger partial charge in [-0.15, -0.1) is 0 Å². The first-order valence-electron chi connectivity index (χ1n) is 8.12. The number of furan rings is 1. The number of para-hydroxylation sites is 1. The fourth-order valence-corrected chi connectivity index (χ4v) is 3.53. The van der Waals surface area contributed by atoms with E-state index in [0.29, 0.717) is 30.5 Å². The van der Waals surface area contributed by atoms with Gasteiger partial charge in [0.2, 0.25) is 0 Å². The molecule has 4 rings (SSSR count). The Morgan fingerprint density at radius 2 is 2.09 bits per heavy atom. The topological polar surface area (TPSA) is 60.5 Å². The summed E-state index contributed by atoms with van der Waals surface area (Å²) in [6, 6.07) is 10.3. The summed E-state index contributed by atoms with van der Waals surface area (Å²) in [5.41, 5.74) is 1.37. The van der Waals surface area contributed by atoms with Gasteiger partial charge in [-0.25, -0.2) is 0 Å². The number of hydrogen-bond acceptors (Lipinski definition) is 4. The van der Waals surface area contributed by atoms with Gasteiger partial charge < -0.3 is 9.32 Å². The molecule has 1 saturated carbocycles. The van der Waals surface area contributed by atoms with Crippen molar-refractivity contribution in [3.05, 3.63) is 35.6 Å². The van der Waals surface area contributed by atoms with Crippen LogP contribution in [-0.2, 0) is 0 Å². The number of benzene rings is 1. The van der Waals surface area contributed by atoms with Crippen molar-refractivity contribution in [1.82, 2.24) is 9.80 Å². The van der Waals surface area contributed by atoms with E-state index in [-0.39, 0.29) is 11.9 Å². The third kappa shape index (κ3) is 2.40. The second kappa shape index (κ2) is 5.39. The van der Waals surface area contributed by atoms with Crippen LogP contribution in [-0.4, -0.2) is 47.4 Å². The first kappa shape index (κ1) is 14.3. The van der Waals surface area contributed by atoms with Gasteiger partial charge in [-0.1, -0.05) is 18.2 Å². The number of aryl methyl sites for hydroxylation is 1. The zero-order chi connectivity index (χ0) is 16.0. The van der Waals surface area contributed by atoms with Crippen LogP contribution in [0, 0.1) is 18.3 Å². The zero-order valence-electron chi connectivity index (χ0n) is 13.2. The number of carbonyl (C=O) groups excluding carboxylic acids is 1. The lowest BCUT2D eigenvalue weighted by atomic mass is 10.1. The molecule has 1 aliphatic carbocycles. The van der Waals surface area contributed by atoms with Gasteiger partial charge in [0.15, 0.2) is 0 Å². The quantitative estimate of drug-likeness (QED) is 0.855. The smallest absolute Gasteiger partial charge is 0.258 e. The maximum absolute atomic E-state index is 13.0. The van der Waals surface area contributed by atoms with Crippen LogP contribution in [0.3, 0.4) is 0 Å². The zero-order valence-corrected chi connectivity index (χ0v) is 13.2. The first-order chi connectivity index (χ1) is 11.2. The number of piperazine rings is 1. The molecule has 5 heteroatoms. The van der Waals surface area contributed by atoms with Gasteiger partial charge in [0.05, 0.1) is 11.6 Å². The Balaban J connectivity index is 1.61. The van der Waals surface area contributed by atoms with E-state index >= 15 is 0 Å². The lowest BCUT2D eigenvalue weighted by Gasteiger charge is -2.38. The van der Waals surface area contributed by atoms with Gasteiger partial charge >= 0.3 is 0 Å². The molecule has 2 aliphatic rings. The largest absolute Gasteiger partial charge is 0.461 e. The van der Waals surface area contributed by atoms with Crippen LogP contribution < -0.4 is 0 Å². The molecule has 23 heavy (non-hydrogen) atoms. The van der Waals surface area contributed by atoms with E-state index < -0.39 is 0 Å². The summed E-state index contributed by atoms with van der Waals surface area (Å²) in [6.07, 6.45) is 2.36. The number of carbonyl (C=O) groups is 1. The molecule has 0 N–H and O–H groups in total. The lowest BCUT2D eigenvalue weighted by Crippen LogP contribution is -2.54. The molecule has 1 aliphatic heterocycles. The number of rotatable bonds is 2. The van der Waals surface area contributed by atoms with Crippen LogP contribution in [0.4, 0.5) is 0 Å². The first-order valence-corrected chi connectivity index (χ1v) is 8.12. The highest BCUT2D eigenvalue weighted by atomic mass is 16.3. The van der Waals surface area contributed by atoms with Crippen molar-refractivity contribution in [2.75, 3.05) is 19.6 Å². The Morgan fingerprint density at radius 1 is 1.30 bits per heavy atom. The molecule has 1 unspecified atom stereocenters. The molecule has 2 aromatic rings. The highest BCUT2D eigenvalue weighted by Gasteiger charge is 2.39. The molecule has 0 bridgehead atoms. The molecule has 2 heterocycles. The molecular formula is C18H19N3O2. The predicted molar refractivity (Wildman–Crippen MR) is 86.0 cm³/mol. The van der Waals surface area contributed by atoms with Crippen LogP contribution in [0.5, 0.6) is 0 Å². The summed E-state index contributed by atoms with van der Waals surface area (Å²) in [6.45, 7) is 3.76. The summed E-state index contributed by atoms with van der Waals surface area (Å²) in [5.74, 6) is 0.623. The summed E-state index contributed by atoms with van der Waals surface area (Å²) >= 11 is 0. The van der Waals surface area contributed by atoms with Crippen molar-refractivity contribution in [2.24, 2.45) is 0 Å².